The van der Waals surface area contributed by atoms with Crippen LogP contribution in [0.15, 0.2) is 174 Å². The van der Waals surface area contributed by atoms with Crippen molar-refractivity contribution in [2.24, 2.45) is 0 Å². The third-order valence-corrected chi connectivity index (χ3v) is 11.0. The van der Waals surface area contributed by atoms with E-state index in [0.717, 1.165) is 99.2 Å². The zero-order valence-corrected chi connectivity index (χ0v) is 29.4. The van der Waals surface area contributed by atoms with E-state index in [9.17, 15) is 10.5 Å². The van der Waals surface area contributed by atoms with Gasteiger partial charge in [0.05, 0.1) is 50.7 Å². The minimum Gasteiger partial charge on any atom is -0.456 e. The summed E-state index contributed by atoms with van der Waals surface area (Å²) in [6.45, 7) is 0. The minimum absolute atomic E-state index is 0.626. The number of aromatic nitrogens is 2. The molecule has 0 radical (unpaired) electrons. The van der Waals surface area contributed by atoms with Crippen molar-refractivity contribution in [3.63, 3.8) is 0 Å². The number of para-hydroxylation sites is 2. The third kappa shape index (κ3) is 4.58. The molecule has 5 heteroatoms. The zero-order chi connectivity index (χ0) is 36.6. The van der Waals surface area contributed by atoms with Crippen LogP contribution in [0.1, 0.15) is 11.1 Å². The van der Waals surface area contributed by atoms with Crippen molar-refractivity contribution in [1.82, 2.24) is 9.13 Å². The van der Waals surface area contributed by atoms with Gasteiger partial charge in [-0.2, -0.15) is 10.5 Å². The van der Waals surface area contributed by atoms with E-state index in [1.54, 1.807) is 0 Å². The monoisotopic (exact) mass is 700 g/mol. The van der Waals surface area contributed by atoms with Crippen LogP contribution >= 0.6 is 0 Å². The summed E-state index contributed by atoms with van der Waals surface area (Å²) in [5.41, 5.74) is 13.7. The van der Waals surface area contributed by atoms with Gasteiger partial charge < -0.3 is 13.6 Å². The van der Waals surface area contributed by atoms with Gasteiger partial charge in [0.15, 0.2) is 0 Å². The lowest BCUT2D eigenvalue weighted by Gasteiger charge is -2.15. The number of hydrogen-bond acceptors (Lipinski definition) is 3. The molecule has 0 amide bonds. The van der Waals surface area contributed by atoms with Crippen molar-refractivity contribution in [2.45, 2.75) is 0 Å². The lowest BCUT2D eigenvalue weighted by molar-refractivity contribution is 0.669. The molecule has 0 bridgehead atoms. The molecule has 3 aromatic heterocycles. The molecule has 0 fully saturated rings. The maximum atomic E-state index is 9.86. The van der Waals surface area contributed by atoms with Crippen LogP contribution in [0.5, 0.6) is 0 Å². The van der Waals surface area contributed by atoms with Crippen molar-refractivity contribution >= 4 is 65.6 Å². The highest BCUT2D eigenvalue weighted by Crippen LogP contribution is 2.42. The van der Waals surface area contributed by atoms with Crippen molar-refractivity contribution in [3.8, 4) is 45.8 Å². The highest BCUT2D eigenvalue weighted by Gasteiger charge is 2.20. The molecule has 0 saturated heterocycles. The van der Waals surface area contributed by atoms with Gasteiger partial charge in [-0.3, -0.25) is 0 Å². The molecule has 8 aromatic carbocycles. The number of furan rings is 1. The molecule has 0 spiro atoms. The van der Waals surface area contributed by atoms with E-state index in [-0.39, 0.29) is 0 Å². The van der Waals surface area contributed by atoms with E-state index < -0.39 is 0 Å². The fourth-order valence-electron chi connectivity index (χ4n) is 8.59. The molecule has 0 aliphatic rings. The number of hydrogen-bond donors (Lipinski definition) is 0. The SMILES string of the molecule is N#Cc1ccc2c(c1)c1ccccc1n2-c1cccc(-c2ccccc2-c2cccc(-n3c4ccc(C#N)cc4c4ccc5oc6ccccc6c5c43)c2)c1. The number of nitriles is 2. The predicted octanol–water partition coefficient (Wildman–Crippen LogP) is 12.9. The summed E-state index contributed by atoms with van der Waals surface area (Å²) < 4.78 is 11.0. The van der Waals surface area contributed by atoms with Crippen molar-refractivity contribution < 1.29 is 4.42 Å². The van der Waals surface area contributed by atoms with Crippen LogP contribution in [0.25, 0.3) is 99.2 Å². The highest BCUT2D eigenvalue weighted by atomic mass is 16.3. The second-order valence-corrected chi connectivity index (χ2v) is 14.0. The van der Waals surface area contributed by atoms with E-state index in [2.05, 4.69) is 149 Å². The van der Waals surface area contributed by atoms with Crippen molar-refractivity contribution in [2.75, 3.05) is 0 Å². The van der Waals surface area contributed by atoms with Crippen LogP contribution in [0.2, 0.25) is 0 Å². The van der Waals surface area contributed by atoms with Gasteiger partial charge in [-0.1, -0.05) is 84.9 Å². The topological polar surface area (TPSA) is 70.6 Å². The molecule has 0 saturated carbocycles. The first kappa shape index (κ1) is 30.7. The fraction of sp³-hybridized carbons (Fsp3) is 0. The van der Waals surface area contributed by atoms with Gasteiger partial charge in [0.2, 0.25) is 0 Å². The van der Waals surface area contributed by atoms with E-state index in [1.165, 1.54) is 0 Å². The molecule has 0 unspecified atom stereocenters. The smallest absolute Gasteiger partial charge is 0.137 e. The largest absolute Gasteiger partial charge is 0.456 e. The van der Waals surface area contributed by atoms with Gasteiger partial charge in [-0.15, -0.1) is 0 Å². The number of rotatable bonds is 4. The Bertz CT molecular complexity index is 3470. The van der Waals surface area contributed by atoms with Crippen LogP contribution < -0.4 is 0 Å². The molecule has 0 aliphatic carbocycles. The average Bonchev–Trinajstić information content (AvgIpc) is 3.90. The summed E-state index contributed by atoms with van der Waals surface area (Å²) in [4.78, 5) is 0. The Kier molecular flexibility index (Phi) is 6.61. The quantitative estimate of drug-likeness (QED) is 0.183. The summed E-state index contributed by atoms with van der Waals surface area (Å²) in [5.74, 6) is 0. The van der Waals surface area contributed by atoms with Crippen molar-refractivity contribution in [1.29, 1.82) is 10.5 Å². The van der Waals surface area contributed by atoms with Crippen LogP contribution in [-0.2, 0) is 0 Å². The second kappa shape index (κ2) is 11.8. The van der Waals surface area contributed by atoms with Crippen molar-refractivity contribution in [3.05, 3.63) is 181 Å². The molecule has 55 heavy (non-hydrogen) atoms. The van der Waals surface area contributed by atoms with E-state index in [0.29, 0.717) is 11.1 Å². The van der Waals surface area contributed by atoms with Crippen LogP contribution in [0, 0.1) is 22.7 Å². The summed E-state index contributed by atoms with van der Waals surface area (Å²) in [5, 5.41) is 25.9. The Morgan fingerprint density at radius 3 is 1.65 bits per heavy atom. The maximum Gasteiger partial charge on any atom is 0.137 e. The third-order valence-electron chi connectivity index (χ3n) is 11.0. The summed E-state index contributed by atoms with van der Waals surface area (Å²) in [6.07, 6.45) is 0. The lowest BCUT2D eigenvalue weighted by atomic mass is 9.94. The first-order valence-electron chi connectivity index (χ1n) is 18.2. The first-order chi connectivity index (χ1) is 27.2. The number of nitrogens with zero attached hydrogens (tertiary/aromatic N) is 4. The molecule has 11 rings (SSSR count). The van der Waals surface area contributed by atoms with Gasteiger partial charge in [0, 0.05) is 38.3 Å². The second-order valence-electron chi connectivity index (χ2n) is 14.0. The fourth-order valence-corrected chi connectivity index (χ4v) is 8.59. The molecule has 0 aliphatic heterocycles. The first-order valence-corrected chi connectivity index (χ1v) is 18.2. The number of benzene rings is 8. The van der Waals surface area contributed by atoms with Crippen LogP contribution in [-0.4, -0.2) is 9.13 Å². The number of fused-ring (bicyclic) bond motifs is 10. The summed E-state index contributed by atoms with van der Waals surface area (Å²) in [7, 11) is 0. The maximum absolute atomic E-state index is 9.86. The predicted molar refractivity (Wildman–Crippen MR) is 223 cm³/mol. The molecule has 0 atom stereocenters. The normalized spacial score (nSPS) is 11.6. The molecule has 11 aromatic rings. The summed E-state index contributed by atoms with van der Waals surface area (Å²) in [6, 6.07) is 63.3. The Morgan fingerprint density at radius 1 is 0.400 bits per heavy atom. The minimum atomic E-state index is 0.626. The van der Waals surface area contributed by atoms with Gasteiger partial charge in [0.1, 0.15) is 11.2 Å². The summed E-state index contributed by atoms with van der Waals surface area (Å²) >= 11 is 0. The Morgan fingerprint density at radius 2 is 0.964 bits per heavy atom. The van der Waals surface area contributed by atoms with Crippen LogP contribution in [0.4, 0.5) is 0 Å². The Labute approximate surface area is 315 Å². The van der Waals surface area contributed by atoms with Crippen LogP contribution in [0.3, 0.4) is 0 Å². The lowest BCUT2D eigenvalue weighted by Crippen LogP contribution is -1.96. The molecule has 0 N–H and O–H groups in total. The molecular weight excluding hydrogens is 673 g/mol. The van der Waals surface area contributed by atoms with E-state index in [1.807, 2.05) is 42.5 Å². The standard InChI is InChI=1S/C50H28N4O/c51-29-31-19-22-45-42(25-31)39-15-3-5-17-44(39)53(45)35-11-7-9-33(27-35)37-13-1-2-14-38(37)34-10-8-12-36(28-34)54-46-23-20-32(30-52)26-43(46)40-21-24-48-49(50(40)54)41-16-4-6-18-47(41)55-48/h1-28H. The Hall–Kier alpha value is -7.86. The zero-order valence-electron chi connectivity index (χ0n) is 29.4. The van der Waals surface area contributed by atoms with Gasteiger partial charge >= 0.3 is 0 Å². The molecule has 254 valence electrons. The average molecular weight is 701 g/mol. The van der Waals surface area contributed by atoms with E-state index in [4.69, 9.17) is 4.42 Å². The molecule has 5 nitrogen and oxygen atoms in total. The van der Waals surface area contributed by atoms with Gasteiger partial charge in [0.25, 0.3) is 0 Å². The van der Waals surface area contributed by atoms with Gasteiger partial charge in [-0.25, -0.2) is 0 Å². The highest BCUT2D eigenvalue weighted by molar-refractivity contribution is 6.24. The van der Waals surface area contributed by atoms with E-state index >= 15 is 0 Å². The molecule has 3 heterocycles. The molecular formula is C50H28N4O. The van der Waals surface area contributed by atoms with Gasteiger partial charge in [-0.05, 0) is 107 Å². The Balaban J connectivity index is 1.11.